The van der Waals surface area contributed by atoms with Gasteiger partial charge in [-0.3, -0.25) is 19.3 Å². The molecule has 1 saturated heterocycles. The maximum atomic E-state index is 13.8. The number of hydrogen-bond acceptors (Lipinski definition) is 6. The highest BCUT2D eigenvalue weighted by atomic mass is 32.2. The van der Waals surface area contributed by atoms with Crippen molar-refractivity contribution in [3.63, 3.8) is 0 Å². The smallest absolute Gasteiger partial charge is 0.293 e. The van der Waals surface area contributed by atoms with E-state index in [0.29, 0.717) is 5.16 Å². The molecule has 7 nitrogen and oxygen atoms in total. The van der Waals surface area contributed by atoms with E-state index in [1.165, 1.54) is 30.0 Å². The second kappa shape index (κ2) is 10.5. The molecule has 2 aromatic carbocycles. The Hall–Kier alpha value is -3.37. The van der Waals surface area contributed by atoms with Crippen LogP contribution in [0.25, 0.3) is 17.3 Å². The number of nitrogens with one attached hydrogen (secondary N) is 2. The minimum Gasteiger partial charge on any atom is -0.354 e. The lowest BCUT2D eigenvalue weighted by atomic mass is 10.2. The molecule has 168 valence electrons. The first-order valence-electron chi connectivity index (χ1n) is 10.0. The summed E-state index contributed by atoms with van der Waals surface area (Å²) in [4.78, 5) is 45.5. The standard InChI is InChI=1S/C23H19FN4O3S2/c24-17-9-5-4-8-16(17)12-19-21(30)28(23(31)33-19)11-10-25-20(29)14-32-22-26-13-18(27-22)15-6-2-1-3-7-15/h1-9,12-13H,10-11,14H2,(H,25,29)(H,26,27)/b19-12-. The van der Waals surface area contributed by atoms with Crippen molar-refractivity contribution in [2.75, 3.05) is 18.8 Å². The van der Waals surface area contributed by atoms with Gasteiger partial charge in [0.1, 0.15) is 5.82 Å². The summed E-state index contributed by atoms with van der Waals surface area (Å²) in [6.07, 6.45) is 3.08. The number of imide groups is 1. The Kier molecular flexibility index (Phi) is 7.26. The first-order valence-corrected chi connectivity index (χ1v) is 11.8. The van der Waals surface area contributed by atoms with E-state index in [1.807, 2.05) is 30.3 Å². The molecule has 4 rings (SSSR count). The van der Waals surface area contributed by atoms with Crippen LogP contribution in [0.1, 0.15) is 5.56 Å². The normalized spacial score (nSPS) is 14.8. The van der Waals surface area contributed by atoms with Crippen LogP contribution in [0.15, 0.2) is 70.9 Å². The topological polar surface area (TPSA) is 95.2 Å². The zero-order valence-electron chi connectivity index (χ0n) is 17.3. The molecule has 0 atom stereocenters. The largest absolute Gasteiger partial charge is 0.354 e. The van der Waals surface area contributed by atoms with Gasteiger partial charge in [0.15, 0.2) is 5.16 Å². The van der Waals surface area contributed by atoms with Crippen LogP contribution in [-0.2, 0) is 9.59 Å². The summed E-state index contributed by atoms with van der Waals surface area (Å²) >= 11 is 2.01. The number of aromatic amines is 1. The number of carbonyl (C=O) groups excluding carboxylic acids is 3. The Balaban J connectivity index is 1.24. The fraction of sp³-hybridized carbons (Fsp3) is 0.130. The van der Waals surface area contributed by atoms with Crippen molar-refractivity contribution in [1.82, 2.24) is 20.2 Å². The van der Waals surface area contributed by atoms with Crippen molar-refractivity contribution in [1.29, 1.82) is 0 Å². The monoisotopic (exact) mass is 482 g/mol. The number of carbonyl (C=O) groups is 3. The molecule has 0 radical (unpaired) electrons. The Morgan fingerprint density at radius 2 is 1.91 bits per heavy atom. The lowest BCUT2D eigenvalue weighted by molar-refractivity contribution is -0.123. The maximum absolute atomic E-state index is 13.8. The van der Waals surface area contributed by atoms with E-state index >= 15 is 0 Å². The third-order valence-electron chi connectivity index (χ3n) is 4.70. The van der Waals surface area contributed by atoms with Gasteiger partial charge in [-0.05, 0) is 29.5 Å². The van der Waals surface area contributed by atoms with Gasteiger partial charge in [-0.1, -0.05) is 60.3 Å². The molecule has 1 aliphatic rings. The van der Waals surface area contributed by atoms with Crippen LogP contribution in [0.5, 0.6) is 0 Å². The van der Waals surface area contributed by atoms with E-state index in [1.54, 1.807) is 18.3 Å². The minimum absolute atomic E-state index is 0.0363. The molecular formula is C23H19FN4O3S2. The summed E-state index contributed by atoms with van der Waals surface area (Å²) < 4.78 is 13.8. The highest BCUT2D eigenvalue weighted by Crippen LogP contribution is 2.32. The van der Waals surface area contributed by atoms with Crippen molar-refractivity contribution < 1.29 is 18.8 Å². The number of hydrogen-bond donors (Lipinski definition) is 2. The summed E-state index contributed by atoms with van der Waals surface area (Å²) in [5, 5.41) is 2.87. The Labute approximate surface area is 197 Å². The molecule has 33 heavy (non-hydrogen) atoms. The zero-order chi connectivity index (χ0) is 23.2. The number of benzene rings is 2. The van der Waals surface area contributed by atoms with Crippen LogP contribution in [0.2, 0.25) is 0 Å². The minimum atomic E-state index is -0.499. The van der Waals surface area contributed by atoms with Crippen LogP contribution in [0, 0.1) is 5.82 Å². The lowest BCUT2D eigenvalue weighted by Crippen LogP contribution is -2.37. The fourth-order valence-corrected chi connectivity index (χ4v) is 4.59. The SMILES string of the molecule is O=C(CSc1ncc(-c2ccccc2)[nH]1)NCCN1C(=O)S/C(=C\c2ccccc2F)C1=O. The first-order chi connectivity index (χ1) is 16.0. The number of imidazole rings is 1. The third-order valence-corrected chi connectivity index (χ3v) is 6.50. The second-order valence-corrected chi connectivity index (χ2v) is 8.92. The molecule has 2 N–H and O–H groups in total. The molecule has 0 aliphatic carbocycles. The molecule has 3 amide bonds. The van der Waals surface area contributed by atoms with Gasteiger partial charge < -0.3 is 10.3 Å². The molecule has 1 fully saturated rings. The van der Waals surface area contributed by atoms with Crippen LogP contribution in [-0.4, -0.2) is 50.8 Å². The third kappa shape index (κ3) is 5.71. The van der Waals surface area contributed by atoms with Crippen molar-refractivity contribution >= 4 is 46.7 Å². The fourth-order valence-electron chi connectivity index (χ4n) is 3.06. The number of nitrogens with zero attached hydrogens (tertiary/aromatic N) is 2. The van der Waals surface area contributed by atoms with Gasteiger partial charge in [0, 0.05) is 18.7 Å². The van der Waals surface area contributed by atoms with Crippen molar-refractivity contribution in [3.05, 3.63) is 77.1 Å². The van der Waals surface area contributed by atoms with Crippen molar-refractivity contribution in [2.24, 2.45) is 0 Å². The predicted octanol–water partition coefficient (Wildman–Crippen LogP) is 4.16. The van der Waals surface area contributed by atoms with Gasteiger partial charge in [0.05, 0.1) is 22.5 Å². The number of thioether (sulfide) groups is 2. The van der Waals surface area contributed by atoms with E-state index in [9.17, 15) is 18.8 Å². The summed E-state index contributed by atoms with van der Waals surface area (Å²) in [7, 11) is 0. The molecular weight excluding hydrogens is 463 g/mol. The maximum Gasteiger partial charge on any atom is 0.293 e. The summed E-state index contributed by atoms with van der Waals surface area (Å²) in [6.45, 7) is 0.159. The number of H-pyrrole nitrogens is 1. The van der Waals surface area contributed by atoms with Gasteiger partial charge >= 0.3 is 0 Å². The Morgan fingerprint density at radius 3 is 2.70 bits per heavy atom. The molecule has 0 unspecified atom stereocenters. The predicted molar refractivity (Wildman–Crippen MR) is 127 cm³/mol. The lowest BCUT2D eigenvalue weighted by Gasteiger charge is -2.12. The number of halogens is 1. The molecule has 10 heteroatoms. The average Bonchev–Trinajstić information content (AvgIpc) is 3.40. The van der Waals surface area contributed by atoms with E-state index < -0.39 is 17.0 Å². The van der Waals surface area contributed by atoms with Crippen LogP contribution >= 0.6 is 23.5 Å². The van der Waals surface area contributed by atoms with E-state index in [-0.39, 0.29) is 35.2 Å². The number of aromatic nitrogens is 2. The van der Waals surface area contributed by atoms with Gasteiger partial charge in [-0.25, -0.2) is 9.37 Å². The molecule has 1 aliphatic heterocycles. The Bertz CT molecular complexity index is 1210. The van der Waals surface area contributed by atoms with Gasteiger partial charge in [0.2, 0.25) is 5.91 Å². The quantitative estimate of drug-likeness (QED) is 0.370. The van der Waals surface area contributed by atoms with Gasteiger partial charge in [-0.2, -0.15) is 0 Å². The molecule has 2 heterocycles. The molecule has 1 aromatic heterocycles. The first kappa shape index (κ1) is 22.8. The molecule has 0 saturated carbocycles. The number of amides is 3. The van der Waals surface area contributed by atoms with Crippen molar-refractivity contribution in [3.8, 4) is 11.3 Å². The highest BCUT2D eigenvalue weighted by Gasteiger charge is 2.34. The van der Waals surface area contributed by atoms with Crippen molar-refractivity contribution in [2.45, 2.75) is 5.16 Å². The Morgan fingerprint density at radius 1 is 1.15 bits per heavy atom. The van der Waals surface area contributed by atoms with Crippen LogP contribution < -0.4 is 5.32 Å². The van der Waals surface area contributed by atoms with E-state index in [0.717, 1.165) is 27.9 Å². The summed E-state index contributed by atoms with van der Waals surface area (Å²) in [5.74, 6) is -1.08. The number of rotatable bonds is 8. The highest BCUT2D eigenvalue weighted by molar-refractivity contribution is 8.18. The average molecular weight is 483 g/mol. The second-order valence-electron chi connectivity index (χ2n) is 6.96. The molecule has 0 bridgehead atoms. The van der Waals surface area contributed by atoms with Crippen LogP contribution in [0.3, 0.4) is 0 Å². The van der Waals surface area contributed by atoms with Gasteiger partial charge in [0.25, 0.3) is 11.1 Å². The zero-order valence-corrected chi connectivity index (χ0v) is 18.9. The molecule has 3 aromatic rings. The van der Waals surface area contributed by atoms with E-state index in [4.69, 9.17) is 0 Å². The summed E-state index contributed by atoms with van der Waals surface area (Å²) in [5.41, 5.74) is 2.10. The van der Waals surface area contributed by atoms with Crippen LogP contribution in [0.4, 0.5) is 9.18 Å². The summed E-state index contributed by atoms with van der Waals surface area (Å²) in [6, 6.07) is 15.7. The molecule has 0 spiro atoms. The van der Waals surface area contributed by atoms with E-state index in [2.05, 4.69) is 15.3 Å². The van der Waals surface area contributed by atoms with Gasteiger partial charge in [-0.15, -0.1) is 0 Å².